The number of hydrogen-bond donors (Lipinski definition) is 1. The summed E-state index contributed by atoms with van der Waals surface area (Å²) in [6, 6.07) is 13.5. The van der Waals surface area contributed by atoms with Crippen molar-refractivity contribution < 1.29 is 24.2 Å². The molecule has 1 aliphatic heterocycles. The summed E-state index contributed by atoms with van der Waals surface area (Å²) in [5.41, 5.74) is 1.26. The zero-order valence-electron chi connectivity index (χ0n) is 19.7. The number of carbonyl (C=O) groups is 2. The average molecular weight is 453 g/mol. The molecular formula is C26H32N2O5. The van der Waals surface area contributed by atoms with Gasteiger partial charge in [0.05, 0.1) is 25.3 Å². The quantitative estimate of drug-likeness (QED) is 0.335. The second-order valence-electron chi connectivity index (χ2n) is 8.30. The van der Waals surface area contributed by atoms with E-state index < -0.39 is 17.7 Å². The van der Waals surface area contributed by atoms with Crippen LogP contribution in [0.25, 0.3) is 5.76 Å². The van der Waals surface area contributed by atoms with Crippen molar-refractivity contribution in [1.82, 2.24) is 9.80 Å². The van der Waals surface area contributed by atoms with Crippen molar-refractivity contribution in [3.05, 3.63) is 65.2 Å². The first-order valence-electron chi connectivity index (χ1n) is 11.2. The van der Waals surface area contributed by atoms with Gasteiger partial charge in [0.1, 0.15) is 17.3 Å². The molecule has 0 aromatic heterocycles. The number of aliphatic hydroxyl groups is 1. The van der Waals surface area contributed by atoms with Crippen molar-refractivity contribution in [1.29, 1.82) is 0 Å². The molecule has 0 radical (unpaired) electrons. The van der Waals surface area contributed by atoms with Crippen LogP contribution in [-0.4, -0.2) is 67.5 Å². The summed E-state index contributed by atoms with van der Waals surface area (Å²) in [5, 5.41) is 11.2. The van der Waals surface area contributed by atoms with Crippen LogP contribution in [0.4, 0.5) is 0 Å². The molecule has 0 spiro atoms. The van der Waals surface area contributed by atoms with Crippen LogP contribution < -0.4 is 9.47 Å². The highest BCUT2D eigenvalue weighted by Crippen LogP contribution is 2.40. The fourth-order valence-electron chi connectivity index (χ4n) is 3.91. The first-order chi connectivity index (χ1) is 15.9. The molecule has 1 aliphatic rings. The van der Waals surface area contributed by atoms with E-state index in [1.807, 2.05) is 38.1 Å². The number of ketones is 1. The van der Waals surface area contributed by atoms with Gasteiger partial charge in [0, 0.05) is 12.1 Å². The summed E-state index contributed by atoms with van der Waals surface area (Å²) in [4.78, 5) is 29.7. The second kappa shape index (κ2) is 11.0. The Morgan fingerprint density at radius 2 is 1.82 bits per heavy atom. The minimum Gasteiger partial charge on any atom is -0.507 e. The van der Waals surface area contributed by atoms with Gasteiger partial charge in [0.15, 0.2) is 0 Å². The van der Waals surface area contributed by atoms with E-state index in [2.05, 4.69) is 0 Å². The Morgan fingerprint density at radius 3 is 2.45 bits per heavy atom. The van der Waals surface area contributed by atoms with Gasteiger partial charge in [0.2, 0.25) is 0 Å². The predicted octanol–water partition coefficient (Wildman–Crippen LogP) is 3.86. The minimum atomic E-state index is -0.682. The van der Waals surface area contributed by atoms with Crippen molar-refractivity contribution in [2.75, 3.05) is 40.9 Å². The Hall–Kier alpha value is -3.32. The van der Waals surface area contributed by atoms with Crippen LogP contribution in [0.2, 0.25) is 0 Å². The smallest absolute Gasteiger partial charge is 0.295 e. The Kier molecular flexibility index (Phi) is 8.11. The van der Waals surface area contributed by atoms with Crippen molar-refractivity contribution >= 4 is 17.4 Å². The first kappa shape index (κ1) is 24.3. The van der Waals surface area contributed by atoms with Crippen LogP contribution in [0.1, 0.15) is 36.9 Å². The van der Waals surface area contributed by atoms with E-state index in [-0.39, 0.29) is 11.3 Å². The van der Waals surface area contributed by atoms with E-state index in [4.69, 9.17) is 9.47 Å². The number of benzene rings is 2. The summed E-state index contributed by atoms with van der Waals surface area (Å²) >= 11 is 0. The number of hydrogen-bond acceptors (Lipinski definition) is 6. The molecule has 0 bridgehead atoms. The highest BCUT2D eigenvalue weighted by atomic mass is 16.5. The maximum Gasteiger partial charge on any atom is 0.295 e. The Bertz CT molecular complexity index is 1010. The number of amides is 1. The maximum absolute atomic E-state index is 13.1. The van der Waals surface area contributed by atoms with E-state index in [1.54, 1.807) is 48.4 Å². The molecule has 0 aliphatic carbocycles. The van der Waals surface area contributed by atoms with E-state index in [1.165, 1.54) is 0 Å². The highest BCUT2D eigenvalue weighted by molar-refractivity contribution is 6.46. The zero-order chi connectivity index (χ0) is 24.0. The number of methoxy groups -OCH3 is 1. The zero-order valence-corrected chi connectivity index (χ0v) is 19.7. The summed E-state index contributed by atoms with van der Waals surface area (Å²) in [6.07, 6.45) is 1.55. The van der Waals surface area contributed by atoms with Crippen LogP contribution in [0.5, 0.6) is 11.5 Å². The molecule has 1 saturated heterocycles. The molecule has 1 amide bonds. The minimum absolute atomic E-state index is 0.0858. The number of carbonyl (C=O) groups excluding carboxylic acids is 2. The molecule has 1 fully saturated rings. The fourth-order valence-corrected chi connectivity index (χ4v) is 3.91. The van der Waals surface area contributed by atoms with Gasteiger partial charge >= 0.3 is 0 Å². The van der Waals surface area contributed by atoms with E-state index >= 15 is 0 Å². The van der Waals surface area contributed by atoms with Crippen LogP contribution in [0, 0.1) is 0 Å². The van der Waals surface area contributed by atoms with Crippen LogP contribution in [0.3, 0.4) is 0 Å². The summed E-state index contributed by atoms with van der Waals surface area (Å²) < 4.78 is 10.9. The molecule has 3 rings (SSSR count). The van der Waals surface area contributed by atoms with Gasteiger partial charge in [-0.15, -0.1) is 0 Å². The topological polar surface area (TPSA) is 79.3 Å². The molecule has 2 aromatic rings. The molecule has 176 valence electrons. The SMILES string of the molecule is CCCOc1cccc(C(O)=C2C(=O)C(=O)N(CCCN(C)C)C2c2ccc(OC)cc2)c1. The number of likely N-dealkylation sites (tertiary alicyclic amines) is 1. The molecular weight excluding hydrogens is 420 g/mol. The number of rotatable bonds is 10. The summed E-state index contributed by atoms with van der Waals surface area (Å²) in [7, 11) is 5.50. The van der Waals surface area contributed by atoms with E-state index in [9.17, 15) is 14.7 Å². The monoisotopic (exact) mass is 452 g/mol. The standard InChI is InChI=1S/C26H32N2O5/c1-5-16-33-21-9-6-8-19(17-21)24(29)22-23(18-10-12-20(32-4)13-11-18)28(26(31)25(22)30)15-7-14-27(2)3/h6,8-13,17,23,29H,5,7,14-16H2,1-4H3. The van der Waals surface area contributed by atoms with Crippen LogP contribution >= 0.6 is 0 Å². The van der Waals surface area contributed by atoms with Crippen molar-refractivity contribution in [3.8, 4) is 11.5 Å². The van der Waals surface area contributed by atoms with E-state index in [0.717, 1.165) is 18.5 Å². The summed E-state index contributed by atoms with van der Waals surface area (Å²) in [6.45, 7) is 3.73. The molecule has 33 heavy (non-hydrogen) atoms. The van der Waals surface area contributed by atoms with Gasteiger partial charge in [-0.25, -0.2) is 0 Å². The highest BCUT2D eigenvalue weighted by Gasteiger charge is 2.45. The number of aliphatic hydroxyl groups excluding tert-OH is 1. The molecule has 1 heterocycles. The van der Waals surface area contributed by atoms with E-state index in [0.29, 0.717) is 36.6 Å². The lowest BCUT2D eigenvalue weighted by Gasteiger charge is -2.26. The number of Topliss-reactive ketones (excluding diaryl/α,β-unsaturated/α-hetero) is 1. The maximum atomic E-state index is 13.1. The molecule has 2 aromatic carbocycles. The molecule has 1 atom stereocenters. The molecule has 1 N–H and O–H groups in total. The average Bonchev–Trinajstić information content (AvgIpc) is 3.07. The van der Waals surface area contributed by atoms with Crippen LogP contribution in [-0.2, 0) is 9.59 Å². The van der Waals surface area contributed by atoms with Crippen molar-refractivity contribution in [2.24, 2.45) is 0 Å². The lowest BCUT2D eigenvalue weighted by Crippen LogP contribution is -2.32. The third-order valence-corrected chi connectivity index (χ3v) is 5.56. The van der Waals surface area contributed by atoms with Gasteiger partial charge < -0.3 is 24.4 Å². The molecule has 0 saturated carbocycles. The third-order valence-electron chi connectivity index (χ3n) is 5.56. The second-order valence-corrected chi connectivity index (χ2v) is 8.30. The number of nitrogens with zero attached hydrogens (tertiary/aromatic N) is 2. The third kappa shape index (κ3) is 5.54. The molecule has 1 unspecified atom stereocenters. The van der Waals surface area contributed by atoms with Crippen LogP contribution in [0.15, 0.2) is 54.1 Å². The van der Waals surface area contributed by atoms with Gasteiger partial charge in [-0.2, -0.15) is 0 Å². The lowest BCUT2D eigenvalue weighted by atomic mass is 9.95. The predicted molar refractivity (Wildman–Crippen MR) is 127 cm³/mol. The van der Waals surface area contributed by atoms with Gasteiger partial charge in [-0.05, 0) is 63.3 Å². The first-order valence-corrected chi connectivity index (χ1v) is 11.2. The summed E-state index contributed by atoms with van der Waals surface area (Å²) in [5.74, 6) is -0.218. The molecule has 7 heteroatoms. The lowest BCUT2D eigenvalue weighted by molar-refractivity contribution is -0.139. The number of ether oxygens (including phenoxy) is 2. The van der Waals surface area contributed by atoms with Gasteiger partial charge in [-0.3, -0.25) is 9.59 Å². The Balaban J connectivity index is 2.06. The van der Waals surface area contributed by atoms with Gasteiger partial charge in [0.25, 0.3) is 11.7 Å². The Labute approximate surface area is 195 Å². The molecule has 7 nitrogen and oxygen atoms in total. The largest absolute Gasteiger partial charge is 0.507 e. The van der Waals surface area contributed by atoms with Gasteiger partial charge in [-0.1, -0.05) is 31.2 Å². The Morgan fingerprint density at radius 1 is 1.09 bits per heavy atom. The van der Waals surface area contributed by atoms with Crippen molar-refractivity contribution in [2.45, 2.75) is 25.8 Å². The fraction of sp³-hybridized carbons (Fsp3) is 0.385. The normalized spacial score (nSPS) is 17.6. The van der Waals surface area contributed by atoms with Crippen molar-refractivity contribution in [3.63, 3.8) is 0 Å².